The molecule has 17 heavy (non-hydrogen) atoms. The lowest BCUT2D eigenvalue weighted by molar-refractivity contribution is 0.0696. The number of hydrogen-bond donors (Lipinski definition) is 2. The molecule has 3 nitrogen and oxygen atoms in total. The Morgan fingerprint density at radius 3 is 2.59 bits per heavy atom. The first-order valence-corrected chi connectivity index (χ1v) is 5.46. The number of aromatic amines is 1. The summed E-state index contributed by atoms with van der Waals surface area (Å²) in [6.07, 6.45) is 0. The van der Waals surface area contributed by atoms with Gasteiger partial charge in [-0.25, -0.2) is 9.18 Å². The van der Waals surface area contributed by atoms with Crippen molar-refractivity contribution >= 4 is 16.9 Å². The summed E-state index contributed by atoms with van der Waals surface area (Å²) in [5.74, 6) is -1.39. The van der Waals surface area contributed by atoms with Gasteiger partial charge in [0.05, 0.1) is 11.1 Å². The second-order valence-electron chi connectivity index (χ2n) is 4.50. The van der Waals surface area contributed by atoms with E-state index in [-0.39, 0.29) is 11.5 Å². The normalized spacial score (nSPS) is 11.4. The molecule has 2 rings (SSSR count). The van der Waals surface area contributed by atoms with Crippen LogP contribution in [0.5, 0.6) is 0 Å². The van der Waals surface area contributed by atoms with Crippen LogP contribution in [0.1, 0.15) is 41.4 Å². The van der Waals surface area contributed by atoms with Gasteiger partial charge in [-0.1, -0.05) is 13.8 Å². The third kappa shape index (κ3) is 1.79. The zero-order valence-electron chi connectivity index (χ0n) is 9.97. The van der Waals surface area contributed by atoms with Crippen LogP contribution in [0.15, 0.2) is 12.1 Å². The lowest BCUT2D eigenvalue weighted by atomic mass is 10.0. The van der Waals surface area contributed by atoms with Crippen LogP contribution in [0.2, 0.25) is 0 Å². The third-order valence-corrected chi connectivity index (χ3v) is 2.98. The molecule has 0 saturated heterocycles. The molecule has 0 fully saturated rings. The molecule has 1 heterocycles. The van der Waals surface area contributed by atoms with Crippen LogP contribution < -0.4 is 0 Å². The number of hydrogen-bond acceptors (Lipinski definition) is 1. The number of aromatic carboxylic acids is 1. The molecule has 0 aliphatic rings. The van der Waals surface area contributed by atoms with Crippen molar-refractivity contribution in [1.82, 2.24) is 4.98 Å². The number of carboxylic acid groups (broad SMARTS) is 1. The van der Waals surface area contributed by atoms with Crippen LogP contribution in [-0.4, -0.2) is 16.1 Å². The highest BCUT2D eigenvalue weighted by atomic mass is 19.1. The van der Waals surface area contributed by atoms with E-state index in [1.807, 2.05) is 20.8 Å². The molecule has 1 aromatic heterocycles. The molecule has 0 atom stereocenters. The molecule has 0 radical (unpaired) electrons. The largest absolute Gasteiger partial charge is 0.478 e. The Kier molecular flexibility index (Phi) is 2.65. The Morgan fingerprint density at radius 2 is 2.06 bits per heavy atom. The second-order valence-corrected chi connectivity index (χ2v) is 4.50. The number of aryl methyl sites for hydroxylation is 1. The molecule has 0 saturated carbocycles. The fourth-order valence-electron chi connectivity index (χ4n) is 2.10. The summed E-state index contributed by atoms with van der Waals surface area (Å²) in [7, 11) is 0. The molecule has 0 amide bonds. The molecule has 0 unspecified atom stereocenters. The smallest absolute Gasteiger partial charge is 0.335 e. The molecule has 0 aliphatic carbocycles. The number of aromatic nitrogens is 1. The highest BCUT2D eigenvalue weighted by Gasteiger charge is 2.16. The molecule has 2 N–H and O–H groups in total. The summed E-state index contributed by atoms with van der Waals surface area (Å²) in [5, 5.41) is 9.54. The van der Waals surface area contributed by atoms with Crippen molar-refractivity contribution in [2.75, 3.05) is 0 Å². The van der Waals surface area contributed by atoms with Crippen molar-refractivity contribution in [3.05, 3.63) is 34.8 Å². The Bertz CT molecular complexity index is 599. The summed E-state index contributed by atoms with van der Waals surface area (Å²) in [6.45, 7) is 5.89. The van der Waals surface area contributed by atoms with E-state index >= 15 is 0 Å². The first-order valence-electron chi connectivity index (χ1n) is 5.46. The molecular weight excluding hydrogens is 221 g/mol. The summed E-state index contributed by atoms with van der Waals surface area (Å²) in [4.78, 5) is 13.9. The van der Waals surface area contributed by atoms with E-state index in [1.165, 1.54) is 6.07 Å². The van der Waals surface area contributed by atoms with Crippen LogP contribution in [0.4, 0.5) is 4.39 Å². The molecule has 1 aromatic carbocycles. The number of rotatable bonds is 2. The van der Waals surface area contributed by atoms with Crippen LogP contribution in [-0.2, 0) is 0 Å². The van der Waals surface area contributed by atoms with Crippen LogP contribution >= 0.6 is 0 Å². The van der Waals surface area contributed by atoms with Gasteiger partial charge in [0.15, 0.2) is 0 Å². The van der Waals surface area contributed by atoms with E-state index in [2.05, 4.69) is 4.98 Å². The van der Waals surface area contributed by atoms with Gasteiger partial charge in [-0.05, 0) is 30.5 Å². The third-order valence-electron chi connectivity index (χ3n) is 2.98. The first-order chi connectivity index (χ1) is 7.91. The van der Waals surface area contributed by atoms with Gasteiger partial charge in [0.2, 0.25) is 0 Å². The number of nitrogens with one attached hydrogen (secondary N) is 1. The number of carbonyl (C=O) groups is 1. The SMILES string of the molecule is Cc1c(C(C)C)[nH]c2c(F)cc(C(=O)O)cc12. The number of carboxylic acids is 1. The van der Waals surface area contributed by atoms with Crippen molar-refractivity contribution in [2.45, 2.75) is 26.7 Å². The maximum Gasteiger partial charge on any atom is 0.335 e. The van der Waals surface area contributed by atoms with E-state index in [0.717, 1.165) is 17.3 Å². The fraction of sp³-hybridized carbons (Fsp3) is 0.308. The minimum atomic E-state index is -1.11. The van der Waals surface area contributed by atoms with Gasteiger partial charge in [0.25, 0.3) is 0 Å². The maximum absolute atomic E-state index is 13.8. The molecule has 0 spiro atoms. The predicted molar refractivity (Wildman–Crippen MR) is 64.0 cm³/mol. The average molecular weight is 235 g/mol. The molecular formula is C13H14FNO2. The Labute approximate surface area is 98.3 Å². The lowest BCUT2D eigenvalue weighted by Crippen LogP contribution is -1.97. The second kappa shape index (κ2) is 3.87. The highest BCUT2D eigenvalue weighted by Crippen LogP contribution is 2.29. The summed E-state index contributed by atoms with van der Waals surface area (Å²) >= 11 is 0. The zero-order valence-corrected chi connectivity index (χ0v) is 9.97. The first kappa shape index (κ1) is 11.6. The van der Waals surface area contributed by atoms with Crippen LogP contribution in [0.3, 0.4) is 0 Å². The summed E-state index contributed by atoms with van der Waals surface area (Å²) < 4.78 is 13.8. The summed E-state index contributed by atoms with van der Waals surface area (Å²) in [5.41, 5.74) is 2.22. The van der Waals surface area contributed by atoms with E-state index in [1.54, 1.807) is 0 Å². The number of H-pyrrole nitrogens is 1. The topological polar surface area (TPSA) is 53.1 Å². The van der Waals surface area contributed by atoms with Crippen LogP contribution in [0.25, 0.3) is 10.9 Å². The van der Waals surface area contributed by atoms with E-state index in [0.29, 0.717) is 10.9 Å². The minimum absolute atomic E-state index is 0.0209. The number of halogens is 1. The van der Waals surface area contributed by atoms with Gasteiger partial charge in [-0.3, -0.25) is 0 Å². The van der Waals surface area contributed by atoms with Crippen molar-refractivity contribution < 1.29 is 14.3 Å². The van der Waals surface area contributed by atoms with Gasteiger partial charge in [-0.15, -0.1) is 0 Å². The van der Waals surface area contributed by atoms with Gasteiger partial charge in [-0.2, -0.15) is 0 Å². The van der Waals surface area contributed by atoms with Gasteiger partial charge < -0.3 is 10.1 Å². The van der Waals surface area contributed by atoms with Gasteiger partial charge in [0.1, 0.15) is 5.82 Å². The molecule has 0 bridgehead atoms. The molecule has 2 aromatic rings. The van der Waals surface area contributed by atoms with E-state index < -0.39 is 11.8 Å². The monoisotopic (exact) mass is 235 g/mol. The minimum Gasteiger partial charge on any atom is -0.478 e. The highest BCUT2D eigenvalue weighted by molar-refractivity contribution is 5.95. The maximum atomic E-state index is 13.8. The van der Waals surface area contributed by atoms with Gasteiger partial charge >= 0.3 is 5.97 Å². The van der Waals surface area contributed by atoms with E-state index in [4.69, 9.17) is 5.11 Å². The standard InChI is InChI=1S/C13H14FNO2/c1-6(2)11-7(3)9-4-8(13(16)17)5-10(14)12(9)15-11/h4-6,15H,1-3H3,(H,16,17). The average Bonchev–Trinajstić information content (AvgIpc) is 2.57. The molecule has 90 valence electrons. The molecule has 0 aliphatic heterocycles. The van der Waals surface area contributed by atoms with Crippen LogP contribution in [0, 0.1) is 12.7 Å². The van der Waals surface area contributed by atoms with Crippen molar-refractivity contribution in [2.24, 2.45) is 0 Å². The summed E-state index contributed by atoms with van der Waals surface area (Å²) in [6, 6.07) is 2.56. The fourth-order valence-corrected chi connectivity index (χ4v) is 2.10. The molecule has 4 heteroatoms. The zero-order chi connectivity index (χ0) is 12.7. The van der Waals surface area contributed by atoms with Gasteiger partial charge in [0, 0.05) is 11.1 Å². The Morgan fingerprint density at radius 1 is 1.41 bits per heavy atom. The Hall–Kier alpha value is -1.84. The van der Waals surface area contributed by atoms with Crippen molar-refractivity contribution in [3.63, 3.8) is 0 Å². The van der Waals surface area contributed by atoms with Crippen molar-refractivity contribution in [1.29, 1.82) is 0 Å². The quantitative estimate of drug-likeness (QED) is 0.837. The predicted octanol–water partition coefficient (Wildman–Crippen LogP) is 3.44. The lowest BCUT2D eigenvalue weighted by Gasteiger charge is -2.02. The number of fused-ring (bicyclic) bond motifs is 1. The Balaban J connectivity index is 2.79. The number of benzene rings is 1. The van der Waals surface area contributed by atoms with Crippen molar-refractivity contribution in [3.8, 4) is 0 Å². The van der Waals surface area contributed by atoms with E-state index in [9.17, 15) is 9.18 Å².